The van der Waals surface area contributed by atoms with Crippen molar-refractivity contribution in [3.63, 3.8) is 0 Å². The third kappa shape index (κ3) is 2.44. The molecule has 0 saturated heterocycles. The number of para-hydroxylation sites is 1. The van der Waals surface area contributed by atoms with Gasteiger partial charge < -0.3 is 10.6 Å². The lowest BCUT2D eigenvalue weighted by molar-refractivity contribution is -0.124. The summed E-state index contributed by atoms with van der Waals surface area (Å²) in [6.45, 7) is 6.70. The summed E-state index contributed by atoms with van der Waals surface area (Å²) in [5, 5.41) is 0. The van der Waals surface area contributed by atoms with E-state index in [1.807, 2.05) is 36.9 Å². The Morgan fingerprint density at radius 2 is 2.15 bits per heavy atom. The highest BCUT2D eigenvalue weighted by molar-refractivity contribution is 7.80. The van der Waals surface area contributed by atoms with E-state index in [0.29, 0.717) is 12.3 Å². The van der Waals surface area contributed by atoms with Crippen LogP contribution in [-0.2, 0) is 11.2 Å². The first-order chi connectivity index (χ1) is 9.40. The number of anilines is 1. The molecule has 4 heteroatoms. The first-order valence-corrected chi connectivity index (χ1v) is 7.50. The molecule has 1 aromatic carbocycles. The number of carbonyl (C=O) groups excluding carboxylic acids is 1. The number of hydrogen-bond acceptors (Lipinski definition) is 2. The van der Waals surface area contributed by atoms with Crippen LogP contribution in [0.5, 0.6) is 0 Å². The average molecular weight is 290 g/mol. The molecule has 0 aromatic heterocycles. The Labute approximate surface area is 126 Å². The monoisotopic (exact) mass is 290 g/mol. The molecule has 1 amide bonds. The van der Waals surface area contributed by atoms with Gasteiger partial charge >= 0.3 is 0 Å². The van der Waals surface area contributed by atoms with E-state index < -0.39 is 5.41 Å². The van der Waals surface area contributed by atoms with Crippen LogP contribution in [0.15, 0.2) is 24.3 Å². The molecule has 1 aromatic rings. The van der Waals surface area contributed by atoms with Gasteiger partial charge in [-0.25, -0.2) is 0 Å². The smallest absolute Gasteiger partial charge is 0.239 e. The number of hydrogen-bond donors (Lipinski definition) is 1. The highest BCUT2D eigenvalue weighted by Gasteiger charge is 2.40. The molecule has 0 spiro atoms. The summed E-state index contributed by atoms with van der Waals surface area (Å²) in [6.07, 6.45) is 1.63. The number of nitrogens with two attached hydrogens (primary N) is 1. The first-order valence-electron chi connectivity index (χ1n) is 7.10. The van der Waals surface area contributed by atoms with Gasteiger partial charge in [0.25, 0.3) is 0 Å². The van der Waals surface area contributed by atoms with Gasteiger partial charge in [0, 0.05) is 12.2 Å². The number of rotatable bonds is 3. The lowest BCUT2D eigenvalue weighted by Gasteiger charge is -2.38. The molecule has 0 fully saturated rings. The van der Waals surface area contributed by atoms with Crippen LogP contribution in [0.1, 0.15) is 32.8 Å². The lowest BCUT2D eigenvalue weighted by atomic mass is 9.83. The summed E-state index contributed by atoms with van der Waals surface area (Å²) in [6, 6.07) is 8.09. The van der Waals surface area contributed by atoms with E-state index >= 15 is 0 Å². The summed E-state index contributed by atoms with van der Waals surface area (Å²) in [4.78, 5) is 15.1. The van der Waals surface area contributed by atoms with Crippen molar-refractivity contribution in [3.05, 3.63) is 29.8 Å². The molecule has 0 aliphatic carbocycles. The quantitative estimate of drug-likeness (QED) is 0.871. The fourth-order valence-corrected chi connectivity index (χ4v) is 2.95. The fraction of sp³-hybridized carbons (Fsp3) is 0.500. The molecule has 0 radical (unpaired) electrons. The normalized spacial score (nSPS) is 20.9. The second kappa shape index (κ2) is 5.52. The predicted molar refractivity (Wildman–Crippen MR) is 86.8 cm³/mol. The van der Waals surface area contributed by atoms with Crippen molar-refractivity contribution in [1.29, 1.82) is 0 Å². The molecule has 20 heavy (non-hydrogen) atoms. The van der Waals surface area contributed by atoms with Crippen molar-refractivity contribution in [3.8, 4) is 0 Å². The number of nitrogens with zero attached hydrogens (tertiary/aromatic N) is 1. The van der Waals surface area contributed by atoms with Crippen LogP contribution in [0, 0.1) is 11.3 Å². The second-order valence-electron chi connectivity index (χ2n) is 5.90. The maximum Gasteiger partial charge on any atom is 0.239 e. The number of amides is 1. The summed E-state index contributed by atoms with van der Waals surface area (Å²) < 4.78 is 0. The van der Waals surface area contributed by atoms with Crippen LogP contribution in [0.4, 0.5) is 5.69 Å². The molecule has 2 unspecified atom stereocenters. The van der Waals surface area contributed by atoms with Gasteiger partial charge in [-0.3, -0.25) is 4.79 Å². The fourth-order valence-electron chi connectivity index (χ4n) is 2.72. The minimum absolute atomic E-state index is 0.0199. The Morgan fingerprint density at radius 1 is 1.50 bits per heavy atom. The number of carbonyl (C=O) groups is 1. The molecule has 2 rings (SSSR count). The predicted octanol–water partition coefficient (Wildman–Crippen LogP) is 2.91. The van der Waals surface area contributed by atoms with Crippen molar-refractivity contribution in [2.75, 3.05) is 11.4 Å². The molecule has 1 heterocycles. The van der Waals surface area contributed by atoms with Crippen molar-refractivity contribution in [2.24, 2.45) is 17.1 Å². The number of benzene rings is 1. The van der Waals surface area contributed by atoms with Crippen molar-refractivity contribution in [1.82, 2.24) is 0 Å². The second-order valence-corrected chi connectivity index (χ2v) is 6.34. The SMILES string of the molecule is CCC(C)(C(=O)N1CC(C)Cc2ccccc21)C(N)=S. The maximum atomic E-state index is 13.0. The molecular weight excluding hydrogens is 268 g/mol. The molecular formula is C16H22N2OS. The summed E-state index contributed by atoms with van der Waals surface area (Å²) in [5.41, 5.74) is 7.29. The van der Waals surface area contributed by atoms with Crippen molar-refractivity contribution < 1.29 is 4.79 Å². The highest BCUT2D eigenvalue weighted by atomic mass is 32.1. The number of thiocarbonyl (C=S) groups is 1. The van der Waals surface area contributed by atoms with E-state index in [9.17, 15) is 4.79 Å². The van der Waals surface area contributed by atoms with Gasteiger partial charge in [0.1, 0.15) is 0 Å². The average Bonchev–Trinajstić information content (AvgIpc) is 2.44. The van der Waals surface area contributed by atoms with E-state index in [1.165, 1.54) is 5.56 Å². The summed E-state index contributed by atoms with van der Waals surface area (Å²) >= 11 is 5.13. The molecule has 1 aliphatic heterocycles. The zero-order chi connectivity index (χ0) is 14.9. The molecule has 2 N–H and O–H groups in total. The van der Waals surface area contributed by atoms with Crippen LogP contribution < -0.4 is 10.6 Å². The van der Waals surface area contributed by atoms with Crippen LogP contribution >= 0.6 is 12.2 Å². The Kier molecular flexibility index (Phi) is 4.14. The summed E-state index contributed by atoms with van der Waals surface area (Å²) in [5.74, 6) is 0.466. The Bertz CT molecular complexity index is 543. The van der Waals surface area contributed by atoms with Crippen LogP contribution in [0.2, 0.25) is 0 Å². The molecule has 0 bridgehead atoms. The summed E-state index contributed by atoms with van der Waals surface area (Å²) in [7, 11) is 0. The van der Waals surface area contributed by atoms with E-state index in [-0.39, 0.29) is 10.9 Å². The van der Waals surface area contributed by atoms with Gasteiger partial charge in [-0.15, -0.1) is 0 Å². The highest BCUT2D eigenvalue weighted by Crippen LogP contribution is 2.34. The zero-order valence-electron chi connectivity index (χ0n) is 12.3. The third-order valence-corrected chi connectivity index (χ3v) is 4.76. The largest absolute Gasteiger partial charge is 0.392 e. The van der Waals surface area contributed by atoms with Gasteiger partial charge in [-0.1, -0.05) is 44.3 Å². The molecule has 108 valence electrons. The Hall–Kier alpha value is -1.42. The molecule has 3 nitrogen and oxygen atoms in total. The maximum absolute atomic E-state index is 13.0. The Balaban J connectivity index is 2.43. The van der Waals surface area contributed by atoms with Gasteiger partial charge in [0.05, 0.1) is 10.4 Å². The van der Waals surface area contributed by atoms with Crippen molar-refractivity contribution in [2.45, 2.75) is 33.6 Å². The van der Waals surface area contributed by atoms with Crippen molar-refractivity contribution >= 4 is 28.8 Å². The van der Waals surface area contributed by atoms with E-state index in [2.05, 4.69) is 13.0 Å². The number of fused-ring (bicyclic) bond motifs is 1. The van der Waals surface area contributed by atoms with Crippen LogP contribution in [0.25, 0.3) is 0 Å². The van der Waals surface area contributed by atoms with Gasteiger partial charge in [0.2, 0.25) is 5.91 Å². The van der Waals surface area contributed by atoms with Gasteiger partial charge in [-0.2, -0.15) is 0 Å². The topological polar surface area (TPSA) is 46.3 Å². The van der Waals surface area contributed by atoms with Gasteiger partial charge in [-0.05, 0) is 37.3 Å². The minimum Gasteiger partial charge on any atom is -0.392 e. The van der Waals surface area contributed by atoms with E-state index in [4.69, 9.17) is 18.0 Å². The van der Waals surface area contributed by atoms with Gasteiger partial charge in [0.15, 0.2) is 0 Å². The first kappa shape index (κ1) is 15.0. The lowest BCUT2D eigenvalue weighted by Crippen LogP contribution is -2.51. The van der Waals surface area contributed by atoms with Crippen LogP contribution in [0.3, 0.4) is 0 Å². The third-order valence-electron chi connectivity index (χ3n) is 4.31. The van der Waals surface area contributed by atoms with E-state index in [0.717, 1.165) is 18.7 Å². The zero-order valence-corrected chi connectivity index (χ0v) is 13.2. The molecule has 1 aliphatic rings. The Morgan fingerprint density at radius 3 is 2.75 bits per heavy atom. The standard InChI is InChI=1S/C16H22N2OS/c1-4-16(3,14(17)20)15(19)18-10-11(2)9-12-7-5-6-8-13(12)18/h5-8,11H,4,9-10H2,1-3H3,(H2,17,20). The molecule has 0 saturated carbocycles. The minimum atomic E-state index is -0.764. The van der Waals surface area contributed by atoms with Crippen LogP contribution in [-0.4, -0.2) is 17.4 Å². The van der Waals surface area contributed by atoms with E-state index in [1.54, 1.807) is 0 Å². The molecule has 2 atom stereocenters.